The number of para-hydroxylation sites is 1. The Balaban J connectivity index is 1.34. The standard InChI is InChI=1S/C31H46FN5O/c1-3-34(4-2)19-17-33-31(38)15-14-27-25-35(24-26-10-6-5-7-11-26)18-16-29(27)36-20-22-37(23-21-36)30-13-9-8-12-28(30)32/h5-13,27,29H,3-4,14-25H2,1-2H3,(H,33,38)/t27-,29+/m0/s1. The molecule has 6 nitrogen and oxygen atoms in total. The summed E-state index contributed by atoms with van der Waals surface area (Å²) in [5, 5.41) is 3.15. The van der Waals surface area contributed by atoms with Crippen molar-refractivity contribution in [1.82, 2.24) is 20.0 Å². The number of anilines is 1. The molecule has 2 aliphatic rings. The fraction of sp³-hybridized carbons (Fsp3) is 0.581. The van der Waals surface area contributed by atoms with Crippen LogP contribution >= 0.6 is 0 Å². The van der Waals surface area contributed by atoms with Gasteiger partial charge in [-0.1, -0.05) is 56.3 Å². The van der Waals surface area contributed by atoms with Gasteiger partial charge < -0.3 is 15.1 Å². The van der Waals surface area contributed by atoms with E-state index in [1.165, 1.54) is 5.56 Å². The van der Waals surface area contributed by atoms with E-state index in [1.807, 2.05) is 12.1 Å². The van der Waals surface area contributed by atoms with Crippen molar-refractivity contribution in [3.8, 4) is 0 Å². The number of piperazine rings is 1. The Morgan fingerprint density at radius 1 is 0.974 bits per heavy atom. The summed E-state index contributed by atoms with van der Waals surface area (Å²) in [6, 6.07) is 18.3. The number of hydrogen-bond acceptors (Lipinski definition) is 5. The van der Waals surface area contributed by atoms with Gasteiger partial charge in [0.15, 0.2) is 0 Å². The van der Waals surface area contributed by atoms with Gasteiger partial charge >= 0.3 is 0 Å². The van der Waals surface area contributed by atoms with Crippen LogP contribution in [0.2, 0.25) is 0 Å². The minimum Gasteiger partial charge on any atom is -0.367 e. The number of carbonyl (C=O) groups is 1. The van der Waals surface area contributed by atoms with E-state index in [-0.39, 0.29) is 11.7 Å². The maximum absolute atomic E-state index is 14.4. The zero-order valence-corrected chi connectivity index (χ0v) is 23.3. The van der Waals surface area contributed by atoms with Crippen LogP contribution in [-0.2, 0) is 11.3 Å². The molecule has 1 amide bonds. The van der Waals surface area contributed by atoms with Crippen LogP contribution in [0.3, 0.4) is 0 Å². The molecule has 1 N–H and O–H groups in total. The Kier molecular flexibility index (Phi) is 11.0. The monoisotopic (exact) mass is 523 g/mol. The minimum atomic E-state index is -0.139. The molecule has 0 radical (unpaired) electrons. The van der Waals surface area contributed by atoms with Crippen molar-refractivity contribution < 1.29 is 9.18 Å². The first kappa shape index (κ1) is 28.5. The highest BCUT2D eigenvalue weighted by molar-refractivity contribution is 5.75. The van der Waals surface area contributed by atoms with Crippen molar-refractivity contribution in [1.29, 1.82) is 0 Å². The van der Waals surface area contributed by atoms with E-state index in [1.54, 1.807) is 12.1 Å². The molecule has 0 unspecified atom stereocenters. The highest BCUT2D eigenvalue weighted by atomic mass is 19.1. The molecule has 2 heterocycles. The first-order valence-electron chi connectivity index (χ1n) is 14.6. The van der Waals surface area contributed by atoms with Crippen LogP contribution in [0, 0.1) is 11.7 Å². The third kappa shape index (κ3) is 8.01. The normalized spacial score (nSPS) is 21.1. The lowest BCUT2D eigenvalue weighted by molar-refractivity contribution is -0.121. The molecule has 0 aromatic heterocycles. The number of likely N-dealkylation sites (tertiary alicyclic amines) is 1. The molecule has 4 rings (SSSR count). The van der Waals surface area contributed by atoms with Gasteiger partial charge in [0, 0.05) is 64.8 Å². The van der Waals surface area contributed by atoms with E-state index in [4.69, 9.17) is 0 Å². The topological polar surface area (TPSA) is 42.1 Å². The second-order valence-corrected chi connectivity index (χ2v) is 10.7. The number of carbonyl (C=O) groups excluding carboxylic acids is 1. The van der Waals surface area contributed by atoms with Gasteiger partial charge in [-0.15, -0.1) is 0 Å². The minimum absolute atomic E-state index is 0.139. The molecule has 2 aliphatic heterocycles. The van der Waals surface area contributed by atoms with Crippen LogP contribution in [0.5, 0.6) is 0 Å². The van der Waals surface area contributed by atoms with Crippen LogP contribution in [0.4, 0.5) is 10.1 Å². The number of hydrogen-bond donors (Lipinski definition) is 1. The van der Waals surface area contributed by atoms with E-state index >= 15 is 0 Å². The summed E-state index contributed by atoms with van der Waals surface area (Å²) in [4.78, 5) is 22.4. The molecule has 2 atom stereocenters. The van der Waals surface area contributed by atoms with Gasteiger partial charge in [-0.3, -0.25) is 14.6 Å². The SMILES string of the molecule is CCN(CC)CCNC(=O)CC[C@H]1CN(Cc2ccccc2)CC[C@H]1N1CCN(c2ccccc2F)CC1. The number of nitrogens with zero attached hydrogens (tertiary/aromatic N) is 4. The second kappa shape index (κ2) is 14.6. The average molecular weight is 524 g/mol. The van der Waals surface area contributed by atoms with Crippen molar-refractivity contribution in [2.75, 3.05) is 70.3 Å². The van der Waals surface area contributed by atoms with Crippen LogP contribution in [0.1, 0.15) is 38.7 Å². The van der Waals surface area contributed by atoms with Gasteiger partial charge in [-0.05, 0) is 56.1 Å². The molecule has 2 saturated heterocycles. The smallest absolute Gasteiger partial charge is 0.220 e. The molecular weight excluding hydrogens is 477 g/mol. The Morgan fingerprint density at radius 3 is 2.39 bits per heavy atom. The average Bonchev–Trinajstić information content (AvgIpc) is 2.95. The van der Waals surface area contributed by atoms with E-state index < -0.39 is 0 Å². The summed E-state index contributed by atoms with van der Waals surface area (Å²) in [6.45, 7) is 14.5. The second-order valence-electron chi connectivity index (χ2n) is 10.7. The molecular formula is C31H46FN5O. The highest BCUT2D eigenvalue weighted by Crippen LogP contribution is 2.29. The lowest BCUT2D eigenvalue weighted by atomic mass is 9.86. The van der Waals surface area contributed by atoms with Gasteiger partial charge in [0.2, 0.25) is 5.91 Å². The lowest BCUT2D eigenvalue weighted by Gasteiger charge is -2.47. The molecule has 0 bridgehead atoms. The summed E-state index contributed by atoms with van der Waals surface area (Å²) >= 11 is 0. The number of halogens is 1. The third-order valence-corrected chi connectivity index (χ3v) is 8.39. The zero-order valence-electron chi connectivity index (χ0n) is 23.3. The quantitative estimate of drug-likeness (QED) is 0.454. The van der Waals surface area contributed by atoms with Crippen molar-refractivity contribution in [3.63, 3.8) is 0 Å². The van der Waals surface area contributed by atoms with E-state index in [0.717, 1.165) is 78.3 Å². The van der Waals surface area contributed by atoms with E-state index in [0.29, 0.717) is 30.6 Å². The van der Waals surface area contributed by atoms with Crippen LogP contribution in [0.25, 0.3) is 0 Å². The molecule has 2 aromatic carbocycles. The molecule has 208 valence electrons. The Bertz CT molecular complexity index is 977. The molecule has 0 spiro atoms. The lowest BCUT2D eigenvalue weighted by Crippen LogP contribution is -2.56. The first-order chi connectivity index (χ1) is 18.6. The molecule has 38 heavy (non-hydrogen) atoms. The number of rotatable bonds is 12. The summed E-state index contributed by atoms with van der Waals surface area (Å²) in [5.41, 5.74) is 2.06. The van der Waals surface area contributed by atoms with Crippen molar-refractivity contribution >= 4 is 11.6 Å². The summed E-state index contributed by atoms with van der Waals surface area (Å²) in [7, 11) is 0. The van der Waals surface area contributed by atoms with Gasteiger partial charge in [0.05, 0.1) is 5.69 Å². The maximum atomic E-state index is 14.4. The fourth-order valence-electron chi connectivity index (χ4n) is 6.15. The van der Waals surface area contributed by atoms with Crippen molar-refractivity contribution in [2.24, 2.45) is 5.92 Å². The molecule has 2 fully saturated rings. The largest absolute Gasteiger partial charge is 0.367 e. The van der Waals surface area contributed by atoms with Gasteiger partial charge in [0.25, 0.3) is 0 Å². The van der Waals surface area contributed by atoms with Crippen molar-refractivity contribution in [2.45, 2.75) is 45.7 Å². The van der Waals surface area contributed by atoms with Crippen LogP contribution in [-0.4, -0.2) is 92.1 Å². The Morgan fingerprint density at radius 2 is 1.68 bits per heavy atom. The molecule has 2 aromatic rings. The molecule has 0 aliphatic carbocycles. The van der Waals surface area contributed by atoms with Crippen LogP contribution < -0.4 is 10.2 Å². The third-order valence-electron chi connectivity index (χ3n) is 8.39. The van der Waals surface area contributed by atoms with E-state index in [9.17, 15) is 9.18 Å². The zero-order chi connectivity index (χ0) is 26.7. The Hall–Kier alpha value is -2.48. The first-order valence-corrected chi connectivity index (χ1v) is 14.6. The fourth-order valence-corrected chi connectivity index (χ4v) is 6.15. The maximum Gasteiger partial charge on any atom is 0.220 e. The highest BCUT2D eigenvalue weighted by Gasteiger charge is 2.35. The van der Waals surface area contributed by atoms with Gasteiger partial charge in [-0.25, -0.2) is 4.39 Å². The van der Waals surface area contributed by atoms with Gasteiger partial charge in [0.1, 0.15) is 5.82 Å². The van der Waals surface area contributed by atoms with Crippen molar-refractivity contribution in [3.05, 3.63) is 66.0 Å². The molecule has 0 saturated carbocycles. The summed E-state index contributed by atoms with van der Waals surface area (Å²) in [5.74, 6) is 0.474. The predicted molar refractivity (Wildman–Crippen MR) is 154 cm³/mol. The van der Waals surface area contributed by atoms with E-state index in [2.05, 4.69) is 69.1 Å². The Labute approximate surface area is 228 Å². The molecule has 7 heteroatoms. The number of benzene rings is 2. The predicted octanol–water partition coefficient (Wildman–Crippen LogP) is 4.08. The summed E-state index contributed by atoms with van der Waals surface area (Å²) in [6.07, 6.45) is 2.59. The number of likely N-dealkylation sites (N-methyl/N-ethyl adjacent to an activating group) is 1. The van der Waals surface area contributed by atoms with Crippen LogP contribution in [0.15, 0.2) is 54.6 Å². The van der Waals surface area contributed by atoms with Gasteiger partial charge in [-0.2, -0.15) is 0 Å². The summed E-state index contributed by atoms with van der Waals surface area (Å²) < 4.78 is 14.4. The number of amides is 1. The number of piperidine rings is 1. The number of nitrogens with one attached hydrogen (secondary N) is 1.